The summed E-state index contributed by atoms with van der Waals surface area (Å²) in [5.74, 6) is 0. The Kier molecular flexibility index (Phi) is 5.27. The second-order valence-electron chi connectivity index (χ2n) is 2.83. The maximum absolute atomic E-state index is 10.3. The number of hydrogen-bond donors (Lipinski definition) is 1. The first-order chi connectivity index (χ1) is 7.61. The first-order valence-corrected chi connectivity index (χ1v) is 6.37. The van der Waals surface area contributed by atoms with Crippen LogP contribution in [0.5, 0.6) is 0 Å². The lowest BCUT2D eigenvalue weighted by Crippen LogP contribution is -2.11. The van der Waals surface area contributed by atoms with E-state index < -0.39 is 4.92 Å². The minimum atomic E-state index is -0.474. The predicted molar refractivity (Wildman–Crippen MR) is 67.4 cm³/mol. The molecule has 0 saturated carbocycles. The summed E-state index contributed by atoms with van der Waals surface area (Å²) in [5, 5.41) is 13.8. The summed E-state index contributed by atoms with van der Waals surface area (Å²) in [6.07, 6.45) is 4.44. The van der Waals surface area contributed by atoms with Crippen molar-refractivity contribution in [2.75, 3.05) is 6.26 Å². The van der Waals surface area contributed by atoms with E-state index >= 15 is 0 Å². The molecular weight excluding hydrogens is 294 g/mol. The van der Waals surface area contributed by atoms with Crippen molar-refractivity contribution in [2.24, 2.45) is 0 Å². The lowest BCUT2D eigenvalue weighted by Gasteiger charge is -2.05. The molecule has 0 radical (unpaired) electrons. The minimum Gasteiger partial charge on any atom is -0.371 e. The van der Waals surface area contributed by atoms with Gasteiger partial charge in [0, 0.05) is 12.7 Å². The normalized spacial score (nSPS) is 11.2. The molecule has 1 heterocycles. The molecule has 0 saturated heterocycles. The van der Waals surface area contributed by atoms with E-state index in [1.165, 1.54) is 11.8 Å². The summed E-state index contributed by atoms with van der Waals surface area (Å²) in [7, 11) is 0. The molecule has 0 aliphatic carbocycles. The second-order valence-corrected chi connectivity index (χ2v) is 4.49. The molecule has 0 aliphatic rings. The van der Waals surface area contributed by atoms with Gasteiger partial charge in [0.25, 0.3) is 6.20 Å². The number of thioether (sulfide) groups is 1. The number of halogens is 1. The molecule has 1 rings (SSSR count). The summed E-state index contributed by atoms with van der Waals surface area (Å²) in [6.45, 7) is 0.515. The maximum Gasteiger partial charge on any atom is 0.263 e. The predicted octanol–water partition coefficient (Wildman–Crippen LogP) is 2.37. The van der Waals surface area contributed by atoms with Crippen molar-refractivity contribution in [3.05, 3.63) is 49.8 Å². The third kappa shape index (κ3) is 4.63. The van der Waals surface area contributed by atoms with Crippen molar-refractivity contribution in [1.82, 2.24) is 10.3 Å². The highest BCUT2D eigenvalue weighted by molar-refractivity contribution is 9.10. The Morgan fingerprint density at radius 3 is 3.00 bits per heavy atom. The Labute approximate surface area is 106 Å². The fraction of sp³-hybridized carbons (Fsp3) is 0.222. The molecule has 16 heavy (non-hydrogen) atoms. The third-order valence-corrected chi connectivity index (χ3v) is 2.86. The fourth-order valence-corrected chi connectivity index (χ4v) is 1.61. The monoisotopic (exact) mass is 303 g/mol. The summed E-state index contributed by atoms with van der Waals surface area (Å²) in [4.78, 5) is 13.9. The van der Waals surface area contributed by atoms with Gasteiger partial charge in [-0.25, -0.2) is 4.98 Å². The number of aromatic nitrogens is 1. The molecule has 0 spiro atoms. The Balaban J connectivity index is 2.56. The molecule has 0 bridgehead atoms. The standard InChI is InChI=1S/C9H10BrN3O2S/c1-16-9(6-13(14)15)12-5-7-2-3-8(10)11-4-7/h2-4,6,12H,5H2,1H3. The van der Waals surface area contributed by atoms with Gasteiger partial charge in [0.15, 0.2) is 0 Å². The number of nitro groups is 1. The van der Waals surface area contributed by atoms with Crippen molar-refractivity contribution >= 4 is 27.7 Å². The van der Waals surface area contributed by atoms with Gasteiger partial charge in [-0.3, -0.25) is 10.1 Å². The molecule has 1 aromatic rings. The van der Waals surface area contributed by atoms with Crippen LogP contribution in [0, 0.1) is 10.1 Å². The van der Waals surface area contributed by atoms with Gasteiger partial charge in [0.05, 0.1) is 4.92 Å². The van der Waals surface area contributed by atoms with Crippen LogP contribution in [0.15, 0.2) is 34.2 Å². The van der Waals surface area contributed by atoms with Crippen molar-refractivity contribution in [2.45, 2.75) is 6.54 Å². The molecule has 0 unspecified atom stereocenters. The summed E-state index contributed by atoms with van der Waals surface area (Å²) in [5.41, 5.74) is 0.964. The smallest absolute Gasteiger partial charge is 0.263 e. The van der Waals surface area contributed by atoms with Gasteiger partial charge in [-0.05, 0) is 33.8 Å². The molecule has 0 atom stereocenters. The zero-order valence-corrected chi connectivity index (χ0v) is 10.9. The second kappa shape index (κ2) is 6.49. The van der Waals surface area contributed by atoms with Crippen LogP contribution in [0.2, 0.25) is 0 Å². The highest BCUT2D eigenvalue weighted by Gasteiger charge is 2.01. The van der Waals surface area contributed by atoms with E-state index in [1.54, 1.807) is 12.5 Å². The largest absolute Gasteiger partial charge is 0.371 e. The molecule has 0 aliphatic heterocycles. The van der Waals surface area contributed by atoms with E-state index in [2.05, 4.69) is 26.2 Å². The van der Waals surface area contributed by atoms with Crippen LogP contribution in [-0.4, -0.2) is 16.2 Å². The molecule has 0 aromatic carbocycles. The van der Waals surface area contributed by atoms with Crippen LogP contribution >= 0.6 is 27.7 Å². The molecule has 0 amide bonds. The van der Waals surface area contributed by atoms with Gasteiger partial charge in [-0.2, -0.15) is 0 Å². The van der Waals surface area contributed by atoms with Gasteiger partial charge in [-0.1, -0.05) is 6.07 Å². The summed E-state index contributed by atoms with van der Waals surface area (Å²) in [6, 6.07) is 3.72. The lowest BCUT2D eigenvalue weighted by atomic mass is 10.3. The van der Waals surface area contributed by atoms with Crippen LogP contribution in [0.3, 0.4) is 0 Å². The quantitative estimate of drug-likeness (QED) is 0.514. The van der Waals surface area contributed by atoms with E-state index in [1.807, 2.05) is 12.1 Å². The summed E-state index contributed by atoms with van der Waals surface area (Å²) < 4.78 is 0.766. The molecule has 1 aromatic heterocycles. The van der Waals surface area contributed by atoms with E-state index in [-0.39, 0.29) is 0 Å². The van der Waals surface area contributed by atoms with Crippen molar-refractivity contribution < 1.29 is 4.92 Å². The van der Waals surface area contributed by atoms with E-state index in [9.17, 15) is 10.1 Å². The SMILES string of the molecule is CSC(=C[N+](=O)[O-])NCc1ccc(Br)nc1. The van der Waals surface area contributed by atoms with Gasteiger partial charge in [0.2, 0.25) is 0 Å². The summed E-state index contributed by atoms with van der Waals surface area (Å²) >= 11 is 4.53. The number of nitrogens with one attached hydrogen (secondary N) is 1. The average Bonchev–Trinajstić information content (AvgIpc) is 2.26. The zero-order valence-electron chi connectivity index (χ0n) is 8.51. The first kappa shape index (κ1) is 13.0. The van der Waals surface area contributed by atoms with Gasteiger partial charge in [-0.15, -0.1) is 11.8 Å². The molecule has 1 N–H and O–H groups in total. The third-order valence-electron chi connectivity index (χ3n) is 1.70. The molecule has 5 nitrogen and oxygen atoms in total. The van der Waals surface area contributed by atoms with Crippen LogP contribution < -0.4 is 5.32 Å². The van der Waals surface area contributed by atoms with E-state index in [0.29, 0.717) is 11.6 Å². The number of hydrogen-bond acceptors (Lipinski definition) is 5. The van der Waals surface area contributed by atoms with Gasteiger partial charge >= 0.3 is 0 Å². The molecule has 86 valence electrons. The average molecular weight is 304 g/mol. The topological polar surface area (TPSA) is 68.1 Å². The Bertz CT molecular complexity index is 394. The van der Waals surface area contributed by atoms with Crippen molar-refractivity contribution in [3.63, 3.8) is 0 Å². The highest BCUT2D eigenvalue weighted by atomic mass is 79.9. The first-order valence-electron chi connectivity index (χ1n) is 4.35. The number of nitrogens with zero attached hydrogens (tertiary/aromatic N) is 2. The Morgan fingerprint density at radius 1 is 1.75 bits per heavy atom. The zero-order chi connectivity index (χ0) is 12.0. The van der Waals surface area contributed by atoms with E-state index in [4.69, 9.17) is 0 Å². The molecular formula is C9H10BrN3O2S. The van der Waals surface area contributed by atoms with Crippen molar-refractivity contribution in [3.8, 4) is 0 Å². The number of pyridine rings is 1. The van der Waals surface area contributed by atoms with E-state index in [0.717, 1.165) is 16.4 Å². The highest BCUT2D eigenvalue weighted by Crippen LogP contribution is 2.10. The van der Waals surface area contributed by atoms with Crippen molar-refractivity contribution in [1.29, 1.82) is 0 Å². The molecule has 0 fully saturated rings. The lowest BCUT2D eigenvalue weighted by molar-refractivity contribution is -0.403. The molecule has 7 heteroatoms. The van der Waals surface area contributed by atoms with Gasteiger partial charge < -0.3 is 5.32 Å². The maximum atomic E-state index is 10.3. The minimum absolute atomic E-state index is 0.474. The fourth-order valence-electron chi connectivity index (χ4n) is 0.966. The van der Waals surface area contributed by atoms with Crippen LogP contribution in [0.1, 0.15) is 5.56 Å². The van der Waals surface area contributed by atoms with Crippen LogP contribution in [0.4, 0.5) is 0 Å². The van der Waals surface area contributed by atoms with Gasteiger partial charge in [0.1, 0.15) is 9.63 Å². The Morgan fingerprint density at radius 2 is 2.50 bits per heavy atom. The van der Waals surface area contributed by atoms with Crippen LogP contribution in [-0.2, 0) is 6.54 Å². The number of rotatable bonds is 5. The van der Waals surface area contributed by atoms with Crippen LogP contribution in [0.25, 0.3) is 0 Å². The Hall–Kier alpha value is -1.08.